The van der Waals surface area contributed by atoms with Gasteiger partial charge in [-0.2, -0.15) is 0 Å². The number of hydrogen-bond donors (Lipinski definition) is 0. The minimum absolute atomic E-state index is 0.0240. The van der Waals surface area contributed by atoms with E-state index in [0.29, 0.717) is 22.5 Å². The number of ketones is 1. The lowest BCUT2D eigenvalue weighted by molar-refractivity contribution is 0.0588. The second-order valence-corrected chi connectivity index (χ2v) is 7.08. The van der Waals surface area contributed by atoms with E-state index in [1.165, 1.54) is 30.2 Å². The highest BCUT2D eigenvalue weighted by atomic mass is 19.1. The molecule has 148 valence electrons. The van der Waals surface area contributed by atoms with Gasteiger partial charge < -0.3 is 14.2 Å². The molecule has 0 unspecified atom stereocenters. The Balaban J connectivity index is 1.90. The van der Waals surface area contributed by atoms with Crippen molar-refractivity contribution in [2.24, 2.45) is 7.05 Å². The maximum atomic E-state index is 13.5. The Hall–Kier alpha value is -2.96. The number of carbonyl (C=O) groups excluding carboxylic acids is 3. The standard InChI is InChI=1S/C21H23FN2O4/c1-12-18(13(2)23(3)19(12)21(27)28-4)17(25)11-24(16-8-9-16)20(26)14-6-5-7-15(22)10-14/h5-7,10,16H,8-9,11H2,1-4H3. The fourth-order valence-electron chi connectivity index (χ4n) is 3.55. The van der Waals surface area contributed by atoms with E-state index in [9.17, 15) is 18.8 Å². The van der Waals surface area contributed by atoms with Crippen LogP contribution in [0.5, 0.6) is 0 Å². The van der Waals surface area contributed by atoms with Crippen LogP contribution in [0.25, 0.3) is 0 Å². The fourth-order valence-corrected chi connectivity index (χ4v) is 3.55. The van der Waals surface area contributed by atoms with Crippen molar-refractivity contribution in [3.63, 3.8) is 0 Å². The van der Waals surface area contributed by atoms with Crippen molar-refractivity contribution in [2.45, 2.75) is 32.7 Å². The van der Waals surface area contributed by atoms with Gasteiger partial charge >= 0.3 is 5.97 Å². The molecule has 2 aromatic rings. The van der Waals surface area contributed by atoms with Crippen LogP contribution in [-0.2, 0) is 11.8 Å². The van der Waals surface area contributed by atoms with Crippen LogP contribution in [0.1, 0.15) is 55.3 Å². The van der Waals surface area contributed by atoms with Gasteiger partial charge in [0.25, 0.3) is 5.91 Å². The maximum absolute atomic E-state index is 13.5. The molecule has 1 heterocycles. The normalized spacial score (nSPS) is 13.3. The Morgan fingerprint density at radius 1 is 1.25 bits per heavy atom. The third-order valence-electron chi connectivity index (χ3n) is 5.22. The molecule has 1 fully saturated rings. The third-order valence-corrected chi connectivity index (χ3v) is 5.22. The quantitative estimate of drug-likeness (QED) is 0.565. The molecule has 1 amide bonds. The number of carbonyl (C=O) groups is 3. The van der Waals surface area contributed by atoms with Gasteiger partial charge in [-0.15, -0.1) is 0 Å². The van der Waals surface area contributed by atoms with E-state index >= 15 is 0 Å². The zero-order valence-electron chi connectivity index (χ0n) is 16.4. The zero-order chi connectivity index (χ0) is 20.6. The molecule has 1 saturated carbocycles. The number of ether oxygens (including phenoxy) is 1. The van der Waals surface area contributed by atoms with E-state index in [1.54, 1.807) is 31.5 Å². The summed E-state index contributed by atoms with van der Waals surface area (Å²) in [5, 5.41) is 0. The highest BCUT2D eigenvalue weighted by Gasteiger charge is 2.36. The van der Waals surface area contributed by atoms with Gasteiger partial charge in [0.05, 0.1) is 13.7 Å². The minimum Gasteiger partial charge on any atom is -0.464 e. The van der Waals surface area contributed by atoms with Gasteiger partial charge in [-0.3, -0.25) is 9.59 Å². The summed E-state index contributed by atoms with van der Waals surface area (Å²) < 4.78 is 20.0. The number of rotatable bonds is 6. The topological polar surface area (TPSA) is 68.6 Å². The molecular weight excluding hydrogens is 363 g/mol. The average molecular weight is 386 g/mol. The monoisotopic (exact) mass is 386 g/mol. The third kappa shape index (κ3) is 3.56. The van der Waals surface area contributed by atoms with E-state index in [1.807, 2.05) is 0 Å². The second-order valence-electron chi connectivity index (χ2n) is 7.08. The van der Waals surface area contributed by atoms with Crippen LogP contribution in [0.2, 0.25) is 0 Å². The Morgan fingerprint density at radius 2 is 1.93 bits per heavy atom. The fraction of sp³-hybridized carbons (Fsp3) is 0.381. The van der Waals surface area contributed by atoms with Crippen LogP contribution < -0.4 is 0 Å². The van der Waals surface area contributed by atoms with E-state index in [-0.39, 0.29) is 29.8 Å². The number of hydrogen-bond acceptors (Lipinski definition) is 4. The highest BCUT2D eigenvalue weighted by Crippen LogP contribution is 2.30. The van der Waals surface area contributed by atoms with Gasteiger partial charge in [0.15, 0.2) is 5.78 Å². The molecule has 0 atom stereocenters. The van der Waals surface area contributed by atoms with Crippen molar-refractivity contribution in [2.75, 3.05) is 13.7 Å². The number of esters is 1. The van der Waals surface area contributed by atoms with Gasteiger partial charge in [0.1, 0.15) is 11.5 Å². The summed E-state index contributed by atoms with van der Waals surface area (Å²) in [4.78, 5) is 39.5. The predicted octanol–water partition coefficient (Wildman–Crippen LogP) is 3.06. The summed E-state index contributed by atoms with van der Waals surface area (Å²) in [5.74, 6) is -1.63. The van der Waals surface area contributed by atoms with Crippen LogP contribution in [0.3, 0.4) is 0 Å². The number of benzene rings is 1. The highest BCUT2D eigenvalue weighted by molar-refractivity contribution is 6.06. The number of nitrogens with zero attached hydrogens (tertiary/aromatic N) is 2. The Morgan fingerprint density at radius 3 is 2.50 bits per heavy atom. The Bertz CT molecular complexity index is 960. The van der Waals surface area contributed by atoms with Gasteiger partial charge in [-0.1, -0.05) is 6.07 Å². The number of methoxy groups -OCH3 is 1. The summed E-state index contributed by atoms with van der Waals surface area (Å²) in [5.41, 5.74) is 2.12. The number of Topliss-reactive ketones (excluding diaryl/α,β-unsaturated/α-hetero) is 1. The largest absolute Gasteiger partial charge is 0.464 e. The molecule has 1 aromatic carbocycles. The Labute approximate surface area is 162 Å². The molecule has 28 heavy (non-hydrogen) atoms. The predicted molar refractivity (Wildman–Crippen MR) is 101 cm³/mol. The zero-order valence-corrected chi connectivity index (χ0v) is 16.4. The summed E-state index contributed by atoms with van der Waals surface area (Å²) in [7, 11) is 2.99. The molecule has 0 spiro atoms. The van der Waals surface area contributed by atoms with Crippen LogP contribution in [-0.4, -0.2) is 46.8 Å². The number of amides is 1. The van der Waals surface area contributed by atoms with Crippen molar-refractivity contribution in [3.8, 4) is 0 Å². The molecule has 3 rings (SSSR count). The molecule has 0 saturated heterocycles. The van der Waals surface area contributed by atoms with E-state index in [2.05, 4.69) is 0 Å². The first-order valence-electron chi connectivity index (χ1n) is 9.10. The van der Waals surface area contributed by atoms with Crippen LogP contribution in [0.4, 0.5) is 4.39 Å². The first-order chi connectivity index (χ1) is 13.3. The smallest absolute Gasteiger partial charge is 0.354 e. The average Bonchev–Trinajstić information content (AvgIpc) is 3.47. The van der Waals surface area contributed by atoms with Crippen molar-refractivity contribution in [3.05, 3.63) is 58.2 Å². The first kappa shape index (κ1) is 19.8. The van der Waals surface area contributed by atoms with E-state index in [4.69, 9.17) is 4.74 Å². The van der Waals surface area contributed by atoms with Gasteiger partial charge in [0, 0.05) is 29.9 Å². The molecule has 0 radical (unpaired) electrons. The second kappa shape index (κ2) is 7.58. The molecule has 0 aliphatic heterocycles. The van der Waals surface area contributed by atoms with Crippen LogP contribution in [0.15, 0.2) is 24.3 Å². The van der Waals surface area contributed by atoms with Gasteiger partial charge in [-0.25, -0.2) is 9.18 Å². The molecular formula is C21H23FN2O4. The summed E-state index contributed by atoms with van der Waals surface area (Å²) in [6.45, 7) is 3.33. The summed E-state index contributed by atoms with van der Waals surface area (Å²) >= 11 is 0. The molecule has 0 N–H and O–H groups in total. The van der Waals surface area contributed by atoms with Crippen LogP contribution in [0, 0.1) is 19.7 Å². The number of aromatic nitrogens is 1. The van der Waals surface area contributed by atoms with E-state index < -0.39 is 11.8 Å². The van der Waals surface area contributed by atoms with Crippen LogP contribution >= 0.6 is 0 Å². The number of halogens is 1. The SMILES string of the molecule is COC(=O)c1c(C)c(C(=O)CN(C(=O)c2cccc(F)c2)C2CC2)c(C)n1C. The van der Waals surface area contributed by atoms with Crippen molar-refractivity contribution in [1.29, 1.82) is 0 Å². The van der Waals surface area contributed by atoms with Crippen molar-refractivity contribution in [1.82, 2.24) is 9.47 Å². The van der Waals surface area contributed by atoms with Gasteiger partial charge in [-0.05, 0) is 50.5 Å². The lowest BCUT2D eigenvalue weighted by Crippen LogP contribution is -2.37. The molecule has 7 heteroatoms. The summed E-state index contributed by atoms with van der Waals surface area (Å²) in [6, 6.07) is 5.44. The van der Waals surface area contributed by atoms with Crippen molar-refractivity contribution >= 4 is 17.7 Å². The van der Waals surface area contributed by atoms with E-state index in [0.717, 1.165) is 12.8 Å². The Kier molecular flexibility index (Phi) is 5.36. The molecule has 0 bridgehead atoms. The minimum atomic E-state index is -0.517. The lowest BCUT2D eigenvalue weighted by atomic mass is 10.0. The summed E-state index contributed by atoms with van der Waals surface area (Å²) in [6.07, 6.45) is 1.63. The lowest BCUT2D eigenvalue weighted by Gasteiger charge is -2.22. The molecule has 1 aliphatic rings. The van der Waals surface area contributed by atoms with Gasteiger partial charge in [0.2, 0.25) is 0 Å². The molecule has 1 aromatic heterocycles. The van der Waals surface area contributed by atoms with Crippen molar-refractivity contribution < 1.29 is 23.5 Å². The first-order valence-corrected chi connectivity index (χ1v) is 9.10. The molecule has 1 aliphatic carbocycles. The maximum Gasteiger partial charge on any atom is 0.354 e. The molecule has 6 nitrogen and oxygen atoms in total.